The van der Waals surface area contributed by atoms with Gasteiger partial charge in [0, 0.05) is 31.5 Å². The third-order valence-corrected chi connectivity index (χ3v) is 9.32. The second-order valence-corrected chi connectivity index (χ2v) is 12.2. The molecule has 0 aliphatic rings. The Bertz CT molecular complexity index is 2130. The lowest BCUT2D eigenvalue weighted by Crippen LogP contribution is -2.33. The summed E-state index contributed by atoms with van der Waals surface area (Å²) in [6.07, 6.45) is 2.25. The minimum absolute atomic E-state index is 0.0395. The van der Waals surface area contributed by atoms with Crippen LogP contribution in [0.1, 0.15) is 28.8 Å². The summed E-state index contributed by atoms with van der Waals surface area (Å²) in [6, 6.07) is 19.5. The van der Waals surface area contributed by atoms with Gasteiger partial charge in [0.1, 0.15) is 17.7 Å². The first-order chi connectivity index (χ1) is 21.2. The van der Waals surface area contributed by atoms with Crippen LogP contribution in [0.4, 0.5) is 9.52 Å². The average Bonchev–Trinajstić information content (AvgIpc) is 3.45. The second-order valence-electron chi connectivity index (χ2n) is 9.23. The predicted molar refractivity (Wildman–Crippen MR) is 162 cm³/mol. The third kappa shape index (κ3) is 6.23. The zero-order valence-corrected chi connectivity index (χ0v) is 24.4. The van der Waals surface area contributed by atoms with E-state index < -0.39 is 21.7 Å². The van der Waals surface area contributed by atoms with E-state index in [1.54, 1.807) is 24.3 Å². The maximum atomic E-state index is 13.9. The number of hydrogen-bond donors (Lipinski definition) is 0. The van der Waals surface area contributed by atoms with Crippen LogP contribution < -0.4 is 10.4 Å². The predicted octanol–water partition coefficient (Wildman–Crippen LogP) is 5.04. The van der Waals surface area contributed by atoms with Crippen LogP contribution in [0.3, 0.4) is 0 Å². The van der Waals surface area contributed by atoms with E-state index in [0.717, 1.165) is 26.9 Å². The molecule has 3 aromatic carbocycles. The van der Waals surface area contributed by atoms with Crippen LogP contribution in [-0.2, 0) is 10.0 Å². The molecule has 0 aliphatic heterocycles. The molecule has 0 N–H and O–H groups in total. The van der Waals surface area contributed by atoms with Crippen LogP contribution in [0.25, 0.3) is 21.2 Å². The molecule has 0 aliphatic carbocycles. The van der Waals surface area contributed by atoms with E-state index in [-0.39, 0.29) is 52.5 Å². The molecule has 11 nitrogen and oxygen atoms in total. The molecule has 44 heavy (non-hydrogen) atoms. The molecule has 0 fully saturated rings. The van der Waals surface area contributed by atoms with Crippen molar-refractivity contribution in [1.82, 2.24) is 9.29 Å². The standard InChI is InChI=1S/C30H21FN6O5S2/c31-22-9-12-25-27(17-22)43-30(35-25)37(34-18-21-19-42-26-6-2-1-5-24(26)28(21)38)29(39)20-7-10-23(11-8-20)44(40,41)36(15-3-13-32)16-4-14-33/h1-2,5-12,17-19H,3-4,15-16H2/b34-18+. The van der Waals surface area contributed by atoms with Crippen molar-refractivity contribution in [3.05, 3.63) is 100 Å². The number of anilines is 1. The van der Waals surface area contributed by atoms with E-state index in [9.17, 15) is 22.4 Å². The molecule has 0 unspecified atom stereocenters. The van der Waals surface area contributed by atoms with Gasteiger partial charge >= 0.3 is 0 Å². The van der Waals surface area contributed by atoms with Crippen molar-refractivity contribution >= 4 is 59.8 Å². The molecule has 5 aromatic rings. The largest absolute Gasteiger partial charge is 0.463 e. The number of sulfonamides is 1. The molecule has 220 valence electrons. The normalized spacial score (nSPS) is 11.6. The Labute approximate surface area is 254 Å². The number of fused-ring (bicyclic) bond motifs is 2. The van der Waals surface area contributed by atoms with Gasteiger partial charge in [-0.3, -0.25) is 9.59 Å². The van der Waals surface area contributed by atoms with E-state index in [2.05, 4.69) is 10.1 Å². The highest BCUT2D eigenvalue weighted by Gasteiger charge is 2.26. The van der Waals surface area contributed by atoms with Gasteiger partial charge < -0.3 is 4.42 Å². The van der Waals surface area contributed by atoms with Crippen molar-refractivity contribution in [1.29, 1.82) is 10.5 Å². The quantitative estimate of drug-likeness (QED) is 0.154. The number of aromatic nitrogens is 1. The summed E-state index contributed by atoms with van der Waals surface area (Å²) in [6.45, 7) is -0.185. The van der Waals surface area contributed by atoms with Gasteiger partial charge in [-0.1, -0.05) is 23.5 Å². The summed E-state index contributed by atoms with van der Waals surface area (Å²) in [5.74, 6) is -1.20. The van der Waals surface area contributed by atoms with Crippen molar-refractivity contribution in [2.24, 2.45) is 5.10 Å². The SMILES string of the molecule is N#CCCN(CCC#N)S(=O)(=O)c1ccc(C(=O)N(/N=C/c2coc3ccccc3c2=O)c2nc3ccc(F)cc3s2)cc1. The van der Waals surface area contributed by atoms with Gasteiger partial charge in [0.05, 0.1) is 44.4 Å². The lowest BCUT2D eigenvalue weighted by molar-refractivity contribution is 0.0987. The molecule has 0 atom stereocenters. The van der Waals surface area contributed by atoms with Crippen LogP contribution in [0, 0.1) is 28.5 Å². The number of nitrogens with zero attached hydrogens (tertiary/aromatic N) is 6. The minimum Gasteiger partial charge on any atom is -0.463 e. The number of rotatable bonds is 10. The topological polar surface area (TPSA) is 161 Å². The van der Waals surface area contributed by atoms with E-state index in [1.807, 2.05) is 12.1 Å². The number of hydrogen-bond acceptors (Lipinski definition) is 10. The highest BCUT2D eigenvalue weighted by atomic mass is 32.2. The van der Waals surface area contributed by atoms with Crippen LogP contribution >= 0.6 is 11.3 Å². The molecule has 1 amide bonds. The Morgan fingerprint density at radius 3 is 2.45 bits per heavy atom. The zero-order valence-electron chi connectivity index (χ0n) is 22.8. The average molecular weight is 629 g/mol. The molecule has 0 radical (unpaired) electrons. The van der Waals surface area contributed by atoms with Crippen LogP contribution in [0.15, 0.2) is 92.2 Å². The minimum atomic E-state index is -4.07. The lowest BCUT2D eigenvalue weighted by Gasteiger charge is -2.20. The lowest BCUT2D eigenvalue weighted by atomic mass is 10.2. The number of para-hydroxylation sites is 1. The van der Waals surface area contributed by atoms with Gasteiger partial charge in [0.15, 0.2) is 0 Å². The van der Waals surface area contributed by atoms with E-state index in [0.29, 0.717) is 21.2 Å². The number of thiazole rings is 1. The second kappa shape index (κ2) is 12.9. The Morgan fingerprint density at radius 2 is 1.75 bits per heavy atom. The van der Waals surface area contributed by atoms with Gasteiger partial charge in [0.2, 0.25) is 20.6 Å². The molecule has 0 saturated carbocycles. The van der Waals surface area contributed by atoms with Gasteiger partial charge in [-0.2, -0.15) is 24.9 Å². The Balaban J connectivity index is 1.51. The number of hydrazone groups is 1. The van der Waals surface area contributed by atoms with Crippen molar-refractivity contribution in [3.8, 4) is 12.1 Å². The Morgan fingerprint density at radius 1 is 1.05 bits per heavy atom. The Kier molecular flexibility index (Phi) is 8.87. The molecular formula is C30H21FN6O5S2. The fraction of sp³-hybridized carbons (Fsp3) is 0.133. The summed E-state index contributed by atoms with van der Waals surface area (Å²) in [7, 11) is -4.07. The van der Waals surface area contributed by atoms with E-state index in [4.69, 9.17) is 14.9 Å². The first-order valence-corrected chi connectivity index (χ1v) is 15.3. The first kappa shape index (κ1) is 30.2. The number of amides is 1. The fourth-order valence-corrected chi connectivity index (χ4v) is 6.60. The smallest absolute Gasteiger partial charge is 0.280 e. The van der Waals surface area contributed by atoms with Crippen molar-refractivity contribution < 1.29 is 22.0 Å². The van der Waals surface area contributed by atoms with Gasteiger partial charge in [-0.05, 0) is 54.6 Å². The molecule has 2 heterocycles. The highest BCUT2D eigenvalue weighted by Crippen LogP contribution is 2.31. The summed E-state index contributed by atoms with van der Waals surface area (Å²) in [4.78, 5) is 31.0. The summed E-state index contributed by atoms with van der Waals surface area (Å²) in [5, 5.41) is 23.4. The van der Waals surface area contributed by atoms with Crippen LogP contribution in [0.2, 0.25) is 0 Å². The van der Waals surface area contributed by atoms with E-state index in [1.165, 1.54) is 48.7 Å². The van der Waals surface area contributed by atoms with Crippen molar-refractivity contribution in [2.45, 2.75) is 17.7 Å². The Hall–Kier alpha value is -5.28. The number of carbonyl (C=O) groups is 1. The van der Waals surface area contributed by atoms with Gasteiger partial charge in [-0.15, -0.1) is 0 Å². The molecule has 0 bridgehead atoms. The van der Waals surface area contributed by atoms with Crippen molar-refractivity contribution in [2.75, 3.05) is 18.1 Å². The number of carbonyl (C=O) groups excluding carboxylic acids is 1. The summed E-state index contributed by atoms with van der Waals surface area (Å²) < 4.78 is 47.3. The first-order valence-electron chi connectivity index (χ1n) is 13.0. The highest BCUT2D eigenvalue weighted by molar-refractivity contribution is 7.89. The van der Waals surface area contributed by atoms with Crippen molar-refractivity contribution in [3.63, 3.8) is 0 Å². The molecule has 0 spiro atoms. The number of nitriles is 2. The zero-order chi connectivity index (χ0) is 31.3. The van der Waals surface area contributed by atoms with Crippen LogP contribution in [0.5, 0.6) is 0 Å². The van der Waals surface area contributed by atoms with Gasteiger partial charge in [-0.25, -0.2) is 17.8 Å². The third-order valence-electron chi connectivity index (χ3n) is 6.42. The molecular weight excluding hydrogens is 607 g/mol. The monoisotopic (exact) mass is 628 g/mol. The number of benzene rings is 3. The fourth-order valence-electron chi connectivity index (χ4n) is 4.21. The van der Waals surface area contributed by atoms with Crippen LogP contribution in [-0.4, -0.2) is 42.9 Å². The summed E-state index contributed by atoms with van der Waals surface area (Å²) >= 11 is 0.994. The molecule has 0 saturated heterocycles. The molecule has 2 aromatic heterocycles. The van der Waals surface area contributed by atoms with E-state index >= 15 is 0 Å². The molecule has 14 heteroatoms. The van der Waals surface area contributed by atoms with Gasteiger partial charge in [0.25, 0.3) is 5.91 Å². The molecule has 5 rings (SSSR count). The number of halogens is 1. The summed E-state index contributed by atoms with van der Waals surface area (Å²) in [5.41, 5.74) is 0.523. The maximum Gasteiger partial charge on any atom is 0.280 e. The maximum absolute atomic E-state index is 13.9.